The van der Waals surface area contributed by atoms with Crippen molar-refractivity contribution in [2.45, 2.75) is 20.3 Å². The van der Waals surface area contributed by atoms with Gasteiger partial charge in [-0.1, -0.05) is 0 Å². The van der Waals surface area contributed by atoms with E-state index in [9.17, 15) is 0 Å². The normalized spacial score (nSPS) is 20.5. The average Bonchev–Trinajstić information content (AvgIpc) is 2.70. The standard InChI is InChI=1S/C12H19N3/c1-9-5-14-6-10(2)12(9)15-8-11-3-4-13-7-11/h5-6,11,13H,3-4,7-8H2,1-2H3,(H,14,15). The third-order valence-electron chi connectivity index (χ3n) is 3.05. The fourth-order valence-electron chi connectivity index (χ4n) is 2.11. The van der Waals surface area contributed by atoms with Gasteiger partial charge in [0.05, 0.1) is 0 Å². The van der Waals surface area contributed by atoms with Crippen LogP contribution < -0.4 is 10.6 Å². The van der Waals surface area contributed by atoms with Crippen LogP contribution in [0.2, 0.25) is 0 Å². The Labute approximate surface area is 91.3 Å². The fraction of sp³-hybridized carbons (Fsp3) is 0.583. The van der Waals surface area contributed by atoms with Crippen LogP contribution in [0.15, 0.2) is 12.4 Å². The molecule has 1 fully saturated rings. The van der Waals surface area contributed by atoms with Gasteiger partial charge < -0.3 is 10.6 Å². The smallest absolute Gasteiger partial charge is 0.0430 e. The first-order valence-electron chi connectivity index (χ1n) is 5.63. The van der Waals surface area contributed by atoms with Crippen molar-refractivity contribution >= 4 is 5.69 Å². The summed E-state index contributed by atoms with van der Waals surface area (Å²) in [7, 11) is 0. The Morgan fingerprint density at radius 2 is 2.13 bits per heavy atom. The van der Waals surface area contributed by atoms with Gasteiger partial charge in [-0.2, -0.15) is 0 Å². The Balaban J connectivity index is 1.97. The molecular formula is C12H19N3. The second-order valence-electron chi connectivity index (χ2n) is 4.39. The molecule has 0 aromatic carbocycles. The molecular weight excluding hydrogens is 186 g/mol. The first-order chi connectivity index (χ1) is 7.27. The molecule has 1 aliphatic rings. The molecule has 2 N–H and O–H groups in total. The Bertz CT molecular complexity index is 309. The van der Waals surface area contributed by atoms with E-state index in [0.29, 0.717) is 0 Å². The van der Waals surface area contributed by atoms with Gasteiger partial charge in [0, 0.05) is 24.6 Å². The molecule has 1 saturated heterocycles. The van der Waals surface area contributed by atoms with Gasteiger partial charge in [0.2, 0.25) is 0 Å². The third-order valence-corrected chi connectivity index (χ3v) is 3.05. The zero-order chi connectivity index (χ0) is 10.7. The number of aryl methyl sites for hydroxylation is 2. The number of hydrogen-bond acceptors (Lipinski definition) is 3. The maximum Gasteiger partial charge on any atom is 0.0430 e. The number of rotatable bonds is 3. The van der Waals surface area contributed by atoms with Gasteiger partial charge >= 0.3 is 0 Å². The molecule has 0 amide bonds. The molecule has 1 aromatic heterocycles. The second-order valence-corrected chi connectivity index (χ2v) is 4.39. The first kappa shape index (κ1) is 10.4. The highest BCUT2D eigenvalue weighted by Crippen LogP contribution is 2.19. The number of pyridine rings is 1. The lowest BCUT2D eigenvalue weighted by Crippen LogP contribution is -2.18. The average molecular weight is 205 g/mol. The van der Waals surface area contributed by atoms with Crippen LogP contribution in [0, 0.1) is 19.8 Å². The Morgan fingerprint density at radius 3 is 2.73 bits per heavy atom. The molecule has 3 heteroatoms. The molecule has 1 aromatic rings. The Morgan fingerprint density at radius 1 is 1.40 bits per heavy atom. The van der Waals surface area contributed by atoms with Crippen LogP contribution >= 0.6 is 0 Å². The van der Waals surface area contributed by atoms with Crippen molar-refractivity contribution < 1.29 is 0 Å². The molecule has 0 radical (unpaired) electrons. The monoisotopic (exact) mass is 205 g/mol. The van der Waals surface area contributed by atoms with Gasteiger partial charge in [0.25, 0.3) is 0 Å². The molecule has 82 valence electrons. The molecule has 0 spiro atoms. The van der Waals surface area contributed by atoms with Crippen molar-refractivity contribution in [3.05, 3.63) is 23.5 Å². The quantitative estimate of drug-likeness (QED) is 0.789. The molecule has 2 heterocycles. The zero-order valence-electron chi connectivity index (χ0n) is 9.51. The largest absolute Gasteiger partial charge is 0.384 e. The van der Waals surface area contributed by atoms with Crippen molar-refractivity contribution in [2.75, 3.05) is 25.0 Å². The third kappa shape index (κ3) is 2.48. The maximum atomic E-state index is 4.17. The van der Waals surface area contributed by atoms with Gasteiger partial charge in [-0.3, -0.25) is 4.98 Å². The second kappa shape index (κ2) is 4.62. The lowest BCUT2D eigenvalue weighted by atomic mass is 10.1. The SMILES string of the molecule is Cc1cncc(C)c1NCC1CCNC1. The number of nitrogens with one attached hydrogen (secondary N) is 2. The summed E-state index contributed by atoms with van der Waals surface area (Å²) in [6.07, 6.45) is 5.13. The summed E-state index contributed by atoms with van der Waals surface area (Å²) in [5.74, 6) is 0.775. The maximum absolute atomic E-state index is 4.17. The van der Waals surface area contributed by atoms with E-state index in [1.165, 1.54) is 29.8 Å². The van der Waals surface area contributed by atoms with Gasteiger partial charge in [-0.25, -0.2) is 0 Å². The van der Waals surface area contributed by atoms with E-state index >= 15 is 0 Å². The van der Waals surface area contributed by atoms with Crippen molar-refractivity contribution in [1.29, 1.82) is 0 Å². The van der Waals surface area contributed by atoms with Crippen molar-refractivity contribution in [3.8, 4) is 0 Å². The Hall–Kier alpha value is -1.09. The van der Waals surface area contributed by atoms with Crippen LogP contribution in [0.25, 0.3) is 0 Å². The van der Waals surface area contributed by atoms with Crippen LogP contribution in [0.3, 0.4) is 0 Å². The zero-order valence-corrected chi connectivity index (χ0v) is 9.51. The lowest BCUT2D eigenvalue weighted by molar-refractivity contribution is 0.615. The number of hydrogen-bond donors (Lipinski definition) is 2. The molecule has 0 saturated carbocycles. The highest BCUT2D eigenvalue weighted by molar-refractivity contribution is 5.54. The van der Waals surface area contributed by atoms with Crippen molar-refractivity contribution in [3.63, 3.8) is 0 Å². The van der Waals surface area contributed by atoms with E-state index in [1.807, 2.05) is 12.4 Å². The number of anilines is 1. The summed E-state index contributed by atoms with van der Waals surface area (Å²) in [5, 5.41) is 6.93. The van der Waals surface area contributed by atoms with Crippen LogP contribution in [0.1, 0.15) is 17.5 Å². The van der Waals surface area contributed by atoms with E-state index in [2.05, 4.69) is 29.5 Å². The summed E-state index contributed by atoms with van der Waals surface area (Å²) in [5.41, 5.74) is 3.74. The van der Waals surface area contributed by atoms with E-state index in [4.69, 9.17) is 0 Å². The van der Waals surface area contributed by atoms with E-state index in [1.54, 1.807) is 0 Å². The highest BCUT2D eigenvalue weighted by atomic mass is 14.9. The molecule has 0 aliphatic carbocycles. The van der Waals surface area contributed by atoms with Gasteiger partial charge in [-0.05, 0) is 50.4 Å². The minimum Gasteiger partial charge on any atom is -0.384 e. The summed E-state index contributed by atoms with van der Waals surface area (Å²) < 4.78 is 0. The van der Waals surface area contributed by atoms with E-state index in [0.717, 1.165) is 19.0 Å². The van der Waals surface area contributed by atoms with Crippen LogP contribution in [0.5, 0.6) is 0 Å². The van der Waals surface area contributed by atoms with E-state index < -0.39 is 0 Å². The van der Waals surface area contributed by atoms with Crippen molar-refractivity contribution in [1.82, 2.24) is 10.3 Å². The molecule has 3 nitrogen and oxygen atoms in total. The fourth-order valence-corrected chi connectivity index (χ4v) is 2.11. The molecule has 0 bridgehead atoms. The molecule has 1 unspecified atom stereocenters. The summed E-state index contributed by atoms with van der Waals surface area (Å²) in [4.78, 5) is 4.17. The van der Waals surface area contributed by atoms with Crippen molar-refractivity contribution in [2.24, 2.45) is 5.92 Å². The van der Waals surface area contributed by atoms with Crippen LogP contribution in [0.4, 0.5) is 5.69 Å². The van der Waals surface area contributed by atoms with Crippen LogP contribution in [-0.2, 0) is 0 Å². The predicted molar refractivity (Wildman–Crippen MR) is 63.2 cm³/mol. The highest BCUT2D eigenvalue weighted by Gasteiger charge is 2.14. The van der Waals surface area contributed by atoms with Gasteiger partial charge in [0.1, 0.15) is 0 Å². The first-order valence-corrected chi connectivity index (χ1v) is 5.63. The minimum atomic E-state index is 0.775. The van der Waals surface area contributed by atoms with Gasteiger partial charge in [0.15, 0.2) is 0 Å². The molecule has 1 aliphatic heterocycles. The summed E-state index contributed by atoms with van der Waals surface area (Å²) in [6.45, 7) is 7.60. The van der Waals surface area contributed by atoms with Gasteiger partial charge in [-0.15, -0.1) is 0 Å². The molecule has 1 atom stereocenters. The number of nitrogens with zero attached hydrogens (tertiary/aromatic N) is 1. The minimum absolute atomic E-state index is 0.775. The molecule has 15 heavy (non-hydrogen) atoms. The Kier molecular flexibility index (Phi) is 3.21. The summed E-state index contributed by atoms with van der Waals surface area (Å²) >= 11 is 0. The predicted octanol–water partition coefficient (Wildman–Crippen LogP) is 1.72. The molecule has 2 rings (SSSR count). The number of aromatic nitrogens is 1. The summed E-state index contributed by atoms with van der Waals surface area (Å²) in [6, 6.07) is 0. The topological polar surface area (TPSA) is 37.0 Å². The lowest BCUT2D eigenvalue weighted by Gasteiger charge is -2.15. The van der Waals surface area contributed by atoms with Crippen LogP contribution in [-0.4, -0.2) is 24.6 Å². The van der Waals surface area contributed by atoms with E-state index in [-0.39, 0.29) is 0 Å².